The molecule has 0 amide bonds. The minimum absolute atomic E-state index is 0.153. The molecule has 0 aliphatic heterocycles. The van der Waals surface area contributed by atoms with Gasteiger partial charge in [0.15, 0.2) is 0 Å². The van der Waals surface area contributed by atoms with Gasteiger partial charge in [0, 0.05) is 17.7 Å². The van der Waals surface area contributed by atoms with Gasteiger partial charge in [-0.25, -0.2) is 9.78 Å². The number of tetrazole rings is 1. The third-order valence-electron chi connectivity index (χ3n) is 7.85. The molecule has 0 atom stereocenters. The van der Waals surface area contributed by atoms with E-state index in [0.29, 0.717) is 34.9 Å². The molecule has 3 aromatic heterocycles. The number of benzene rings is 3. The number of carbonyl (C=O) groups excluding carboxylic acids is 1. The quantitative estimate of drug-likeness (QED) is 0.237. The van der Waals surface area contributed by atoms with Crippen LogP contribution in [0.3, 0.4) is 0 Å². The number of ether oxygens (including phenoxy) is 1. The molecule has 0 radical (unpaired) electrons. The number of hydrogen-bond donors (Lipinski definition) is 1. The van der Waals surface area contributed by atoms with Gasteiger partial charge in [0.25, 0.3) is 5.56 Å². The zero-order valence-electron chi connectivity index (χ0n) is 23.6. The van der Waals surface area contributed by atoms with Gasteiger partial charge in [0.2, 0.25) is 5.82 Å². The molecule has 1 fully saturated rings. The van der Waals surface area contributed by atoms with Crippen molar-refractivity contribution in [2.24, 2.45) is 0 Å². The number of pyridine rings is 1. The van der Waals surface area contributed by atoms with Crippen molar-refractivity contribution in [2.75, 3.05) is 6.61 Å². The van der Waals surface area contributed by atoms with Crippen LogP contribution in [0.25, 0.3) is 33.5 Å². The van der Waals surface area contributed by atoms with Crippen molar-refractivity contribution in [2.45, 2.75) is 38.8 Å². The molecule has 1 aliphatic carbocycles. The van der Waals surface area contributed by atoms with Gasteiger partial charge in [-0.3, -0.25) is 4.79 Å². The predicted molar refractivity (Wildman–Crippen MR) is 162 cm³/mol. The molecule has 1 aliphatic rings. The number of esters is 1. The van der Waals surface area contributed by atoms with Crippen LogP contribution in [0.15, 0.2) is 89.9 Å². The van der Waals surface area contributed by atoms with Gasteiger partial charge in [-0.05, 0) is 59.4 Å². The zero-order chi connectivity index (χ0) is 29.3. The number of rotatable bonds is 9. The van der Waals surface area contributed by atoms with Gasteiger partial charge >= 0.3 is 5.97 Å². The molecular weight excluding hydrogens is 542 g/mol. The highest BCUT2D eigenvalue weighted by Gasteiger charge is 2.31. The van der Waals surface area contributed by atoms with E-state index in [-0.39, 0.29) is 18.7 Å². The number of imidazole rings is 1. The number of carbonyl (C=O) groups is 1. The number of H-pyrrole nitrogens is 1. The Kier molecular flexibility index (Phi) is 6.86. The molecule has 3 aromatic carbocycles. The lowest BCUT2D eigenvalue weighted by atomic mass is 9.95. The first-order chi connectivity index (χ1) is 21.1. The summed E-state index contributed by atoms with van der Waals surface area (Å²) in [7, 11) is 0. The van der Waals surface area contributed by atoms with E-state index in [9.17, 15) is 9.59 Å². The zero-order valence-corrected chi connectivity index (χ0v) is 23.6. The maximum absolute atomic E-state index is 14.1. The number of aromatic nitrogens is 7. The fraction of sp³-hybridized carbons (Fsp3) is 0.212. The minimum atomic E-state index is -0.397. The van der Waals surface area contributed by atoms with E-state index in [1.807, 2.05) is 54.6 Å². The first-order valence-electron chi connectivity index (χ1n) is 14.4. The second-order valence-corrected chi connectivity index (χ2v) is 10.6. The van der Waals surface area contributed by atoms with Crippen molar-refractivity contribution >= 4 is 17.0 Å². The van der Waals surface area contributed by atoms with Crippen LogP contribution in [0, 0.1) is 0 Å². The first kappa shape index (κ1) is 26.5. The Morgan fingerprint density at radius 3 is 2.37 bits per heavy atom. The fourth-order valence-electron chi connectivity index (χ4n) is 5.66. The lowest BCUT2D eigenvalue weighted by Gasteiger charge is -2.15. The number of fused-ring (bicyclic) bond motifs is 1. The molecule has 0 unspecified atom stereocenters. The standard InChI is InChI=1S/C33H29N7O3/c1-2-43-33(42)25-12-6-4-9-22(25)19-39-18-17-28-29(32(39)41)40(31(34-28)21-15-16-21)20-23-10-3-5-11-24(23)26-13-7-8-14-27(26)30-35-37-38-36-30/h3-14,17-18,21H,2,15-16,19-20H2,1H3,(H,35,36,37,38). The molecule has 0 saturated heterocycles. The summed E-state index contributed by atoms with van der Waals surface area (Å²) < 4.78 is 8.98. The van der Waals surface area contributed by atoms with Crippen molar-refractivity contribution in [3.8, 4) is 22.5 Å². The van der Waals surface area contributed by atoms with E-state index in [2.05, 4.69) is 37.3 Å². The largest absolute Gasteiger partial charge is 0.462 e. The average Bonchev–Trinajstić information content (AvgIpc) is 3.59. The molecule has 0 spiro atoms. The van der Waals surface area contributed by atoms with Crippen LogP contribution < -0.4 is 5.56 Å². The highest BCUT2D eigenvalue weighted by atomic mass is 16.5. The summed E-state index contributed by atoms with van der Waals surface area (Å²) >= 11 is 0. The summed E-state index contributed by atoms with van der Waals surface area (Å²) in [4.78, 5) is 31.7. The normalized spacial score (nSPS) is 13.0. The third kappa shape index (κ3) is 5.01. The van der Waals surface area contributed by atoms with Crippen LogP contribution in [-0.4, -0.2) is 47.3 Å². The summed E-state index contributed by atoms with van der Waals surface area (Å²) in [5, 5.41) is 14.7. The van der Waals surface area contributed by atoms with Crippen LogP contribution in [0.1, 0.15) is 53.0 Å². The molecular formula is C33H29N7O3. The molecule has 3 heterocycles. The molecule has 214 valence electrons. The van der Waals surface area contributed by atoms with Crippen molar-refractivity contribution in [3.63, 3.8) is 0 Å². The minimum Gasteiger partial charge on any atom is -0.462 e. The highest BCUT2D eigenvalue weighted by molar-refractivity contribution is 5.91. The third-order valence-corrected chi connectivity index (χ3v) is 7.85. The average molecular weight is 572 g/mol. The Labute approximate surface area is 247 Å². The topological polar surface area (TPSA) is 121 Å². The predicted octanol–water partition coefficient (Wildman–Crippen LogP) is 5.20. The lowest BCUT2D eigenvalue weighted by Crippen LogP contribution is -2.23. The maximum Gasteiger partial charge on any atom is 0.338 e. The molecule has 1 N–H and O–H groups in total. The van der Waals surface area contributed by atoms with Gasteiger partial charge in [0.05, 0.1) is 30.8 Å². The molecule has 6 aromatic rings. The van der Waals surface area contributed by atoms with E-state index >= 15 is 0 Å². The first-order valence-corrected chi connectivity index (χ1v) is 14.4. The number of nitrogens with one attached hydrogen (secondary N) is 1. The fourth-order valence-corrected chi connectivity index (χ4v) is 5.66. The van der Waals surface area contributed by atoms with E-state index in [4.69, 9.17) is 9.72 Å². The SMILES string of the molecule is CCOC(=O)c1ccccc1Cn1ccc2nc(C3CC3)n(Cc3ccccc3-c3ccccc3-c3nn[nH]n3)c2c1=O. The number of nitrogens with zero attached hydrogens (tertiary/aromatic N) is 6. The van der Waals surface area contributed by atoms with Gasteiger partial charge in [-0.15, -0.1) is 10.2 Å². The molecule has 43 heavy (non-hydrogen) atoms. The van der Waals surface area contributed by atoms with E-state index < -0.39 is 5.97 Å². The Balaban J connectivity index is 1.33. The van der Waals surface area contributed by atoms with Gasteiger partial charge in [-0.1, -0.05) is 66.7 Å². The molecule has 1 saturated carbocycles. The number of hydrogen-bond acceptors (Lipinski definition) is 7. The van der Waals surface area contributed by atoms with Gasteiger partial charge < -0.3 is 13.9 Å². The van der Waals surface area contributed by atoms with Gasteiger partial charge in [-0.2, -0.15) is 5.21 Å². The van der Waals surface area contributed by atoms with Crippen molar-refractivity contribution in [1.29, 1.82) is 0 Å². The Bertz CT molecular complexity index is 2010. The second kappa shape index (κ2) is 11.1. The maximum atomic E-state index is 14.1. The van der Waals surface area contributed by atoms with Crippen molar-refractivity contribution in [3.05, 3.63) is 118 Å². The summed E-state index contributed by atoms with van der Waals surface area (Å²) in [5.41, 5.74) is 6.16. The molecule has 0 bridgehead atoms. The number of aromatic amines is 1. The molecule has 7 rings (SSSR count). The van der Waals surface area contributed by atoms with E-state index in [1.165, 1.54) is 0 Å². The highest BCUT2D eigenvalue weighted by Crippen LogP contribution is 2.41. The van der Waals surface area contributed by atoms with E-state index in [1.54, 1.807) is 29.8 Å². The van der Waals surface area contributed by atoms with Crippen LogP contribution in [0.4, 0.5) is 0 Å². The van der Waals surface area contributed by atoms with Crippen LogP contribution >= 0.6 is 0 Å². The van der Waals surface area contributed by atoms with Crippen LogP contribution in [-0.2, 0) is 17.8 Å². The van der Waals surface area contributed by atoms with Crippen LogP contribution in [0.2, 0.25) is 0 Å². The smallest absolute Gasteiger partial charge is 0.338 e. The van der Waals surface area contributed by atoms with Crippen molar-refractivity contribution in [1.82, 2.24) is 34.7 Å². The Morgan fingerprint density at radius 1 is 0.907 bits per heavy atom. The summed E-state index contributed by atoms with van der Waals surface area (Å²) in [6, 6.07) is 25.3. The Morgan fingerprint density at radius 2 is 1.63 bits per heavy atom. The van der Waals surface area contributed by atoms with Crippen molar-refractivity contribution < 1.29 is 9.53 Å². The van der Waals surface area contributed by atoms with Crippen LogP contribution in [0.5, 0.6) is 0 Å². The van der Waals surface area contributed by atoms with E-state index in [0.717, 1.165) is 46.5 Å². The molecule has 10 nitrogen and oxygen atoms in total. The summed E-state index contributed by atoms with van der Waals surface area (Å²) in [5.74, 6) is 1.37. The monoisotopic (exact) mass is 571 g/mol. The van der Waals surface area contributed by atoms with Gasteiger partial charge in [0.1, 0.15) is 11.3 Å². The Hall–Kier alpha value is -5.38. The second-order valence-electron chi connectivity index (χ2n) is 10.6. The molecule has 10 heteroatoms. The summed E-state index contributed by atoms with van der Waals surface area (Å²) in [6.07, 6.45) is 3.86. The lowest BCUT2D eigenvalue weighted by molar-refractivity contribution is 0.0525. The summed E-state index contributed by atoms with van der Waals surface area (Å²) in [6.45, 7) is 2.77.